The number of piperazine rings is 1. The van der Waals surface area contributed by atoms with Crippen molar-refractivity contribution < 1.29 is 57.8 Å². The lowest BCUT2D eigenvalue weighted by molar-refractivity contribution is -0.162. The summed E-state index contributed by atoms with van der Waals surface area (Å²) in [5.41, 5.74) is 3.94. The molecule has 1 unspecified atom stereocenters. The number of thioether (sulfide) groups is 1. The molecule has 4 bridgehead atoms. The Balaban J connectivity index is 1.36. The van der Waals surface area contributed by atoms with Crippen molar-refractivity contribution in [2.24, 2.45) is 5.92 Å². The van der Waals surface area contributed by atoms with Crippen LogP contribution >= 0.6 is 11.8 Å². The fraction of sp³-hybridized carbons (Fsp3) is 0.476. The number of hydrogen-bond acceptors (Lipinski definition) is 16. The molecule has 0 radical (unpaired) electrons. The number of carbonyl (C=O) groups is 4. The first-order valence-corrected chi connectivity index (χ1v) is 20.3. The second kappa shape index (κ2) is 14.1. The highest BCUT2D eigenvalue weighted by Crippen LogP contribution is 2.65. The van der Waals surface area contributed by atoms with E-state index in [1.54, 1.807) is 19.1 Å². The number of aromatic hydroxyl groups is 2. The van der Waals surface area contributed by atoms with Crippen molar-refractivity contribution in [3.8, 4) is 40.2 Å². The number of phenols is 2. The van der Waals surface area contributed by atoms with Gasteiger partial charge in [0.1, 0.15) is 24.9 Å². The standard InChI is InChI=1S/C42H45N3O12S/c1-18-9-22-10-25-32(23(13-46)14-47)45-26-15-54-41(51)42(24-12-28(52-5)27(49)11-21(24)7-8-43-42)16-58-40(34(45)33(44(25)4)29(22)35(50)36(18)53-6)31-30(26)39-38(55-17-56-39)19(2)37(31)57-20(3)48/h9,11-14,23,25-26,32-34,40,43,49-50H,7-8,10,15-17H2,1-6H3/t25-,26-,32-,33+,34+,40?,42+/m0/s1. The van der Waals surface area contributed by atoms with E-state index in [0.29, 0.717) is 77.0 Å². The quantitative estimate of drug-likeness (QED) is 0.142. The largest absolute Gasteiger partial charge is 0.504 e. The Bertz CT molecular complexity index is 2280. The molecular weight excluding hydrogens is 771 g/mol. The molecule has 3 aromatic carbocycles. The van der Waals surface area contributed by atoms with Crippen LogP contribution in [0.3, 0.4) is 0 Å². The van der Waals surface area contributed by atoms with E-state index in [4.69, 9.17) is 28.4 Å². The van der Waals surface area contributed by atoms with Crippen LogP contribution in [0.4, 0.5) is 0 Å². The van der Waals surface area contributed by atoms with Gasteiger partial charge in [-0.1, -0.05) is 6.07 Å². The van der Waals surface area contributed by atoms with Crippen molar-refractivity contribution in [2.75, 3.05) is 47.0 Å². The van der Waals surface area contributed by atoms with Crippen LogP contribution in [0.1, 0.15) is 68.8 Å². The summed E-state index contributed by atoms with van der Waals surface area (Å²) in [5.74, 6) is -0.576. The van der Waals surface area contributed by atoms with Crippen LogP contribution in [0.25, 0.3) is 0 Å². The Labute approximate surface area is 338 Å². The molecule has 16 heteroatoms. The maximum atomic E-state index is 14.9. The third kappa shape index (κ3) is 5.30. The Morgan fingerprint density at radius 2 is 1.78 bits per heavy atom. The number of aryl methyl sites for hydroxylation is 1. The van der Waals surface area contributed by atoms with Crippen LogP contribution in [0.2, 0.25) is 0 Å². The van der Waals surface area contributed by atoms with Crippen molar-refractivity contribution in [1.82, 2.24) is 15.1 Å². The van der Waals surface area contributed by atoms with Gasteiger partial charge in [0.2, 0.25) is 6.79 Å². The Morgan fingerprint density at radius 3 is 2.48 bits per heavy atom. The molecule has 3 aromatic rings. The number of hydrogen-bond donors (Lipinski definition) is 3. The number of ether oxygens (including phenoxy) is 6. The fourth-order valence-corrected chi connectivity index (χ4v) is 12.4. The maximum Gasteiger partial charge on any atom is 0.331 e. The summed E-state index contributed by atoms with van der Waals surface area (Å²) in [4.78, 5) is 58.2. The van der Waals surface area contributed by atoms with E-state index in [2.05, 4.69) is 15.1 Å². The molecule has 0 aromatic heterocycles. The summed E-state index contributed by atoms with van der Waals surface area (Å²) in [7, 11) is 4.90. The van der Waals surface area contributed by atoms with Crippen LogP contribution in [-0.2, 0) is 42.3 Å². The number of rotatable bonds is 6. The molecule has 0 saturated carbocycles. The summed E-state index contributed by atoms with van der Waals surface area (Å²) in [6, 6.07) is 2.08. The molecule has 0 aliphatic carbocycles. The molecule has 2 saturated heterocycles. The van der Waals surface area contributed by atoms with Gasteiger partial charge in [-0.25, -0.2) is 4.79 Å². The van der Waals surface area contributed by atoms with E-state index in [-0.39, 0.29) is 42.2 Å². The number of nitrogens with one attached hydrogen (secondary N) is 1. The van der Waals surface area contributed by atoms with Crippen LogP contribution in [-0.4, -0.2) is 110 Å². The minimum atomic E-state index is -1.42. The first kappa shape index (κ1) is 38.5. The van der Waals surface area contributed by atoms with Crippen molar-refractivity contribution >= 4 is 36.3 Å². The number of carbonyl (C=O) groups excluding carboxylic acids is 4. The van der Waals surface area contributed by atoms with Gasteiger partial charge < -0.3 is 48.2 Å². The van der Waals surface area contributed by atoms with Crippen LogP contribution in [0.15, 0.2) is 18.2 Å². The molecule has 7 aliphatic rings. The van der Waals surface area contributed by atoms with Gasteiger partial charge in [0.05, 0.1) is 37.5 Å². The highest BCUT2D eigenvalue weighted by Gasteiger charge is 2.62. The van der Waals surface area contributed by atoms with Crippen molar-refractivity contribution in [2.45, 2.75) is 74.6 Å². The summed E-state index contributed by atoms with van der Waals surface area (Å²) in [5, 5.41) is 25.8. The summed E-state index contributed by atoms with van der Waals surface area (Å²) in [6.45, 7) is 5.03. The smallest absolute Gasteiger partial charge is 0.331 e. The average Bonchev–Trinajstić information content (AvgIpc) is 3.69. The molecule has 306 valence electrons. The molecule has 3 N–H and O–H groups in total. The zero-order valence-corrected chi connectivity index (χ0v) is 33.8. The van der Waals surface area contributed by atoms with E-state index >= 15 is 0 Å². The first-order valence-electron chi connectivity index (χ1n) is 19.3. The van der Waals surface area contributed by atoms with E-state index in [9.17, 15) is 29.4 Å². The SMILES string of the molecule is COc1cc2c(cc1O)CCN[C@]21CSC2c3c(OC(C)=O)c(C)c4c(c3[C@H](COC1=O)N1[C@@H]2[C@H]2c3c(cc(C)c(OC)c3O)C[C@@H]([C@@H]1C(C=O)C=O)N2C)OCO4. The monoisotopic (exact) mass is 815 g/mol. The number of fused-ring (bicyclic) bond motifs is 9. The van der Waals surface area contributed by atoms with E-state index in [0.717, 1.165) is 16.7 Å². The van der Waals surface area contributed by atoms with E-state index in [1.165, 1.54) is 32.9 Å². The van der Waals surface area contributed by atoms with Crippen molar-refractivity contribution in [3.63, 3.8) is 0 Å². The number of nitrogens with zero attached hydrogens (tertiary/aromatic N) is 2. The molecule has 15 nitrogen and oxygen atoms in total. The topological polar surface area (TPSA) is 183 Å². The van der Waals surface area contributed by atoms with Gasteiger partial charge in [0.15, 0.2) is 40.0 Å². The summed E-state index contributed by atoms with van der Waals surface area (Å²) < 4.78 is 36.2. The van der Waals surface area contributed by atoms with Crippen molar-refractivity contribution in [3.05, 3.63) is 62.7 Å². The Morgan fingerprint density at radius 1 is 1.02 bits per heavy atom. The lowest BCUT2D eigenvalue weighted by Gasteiger charge is -2.64. The number of benzene rings is 3. The molecule has 1 spiro atoms. The predicted molar refractivity (Wildman–Crippen MR) is 208 cm³/mol. The molecule has 10 rings (SSSR count). The third-order valence-corrected chi connectivity index (χ3v) is 14.5. The number of likely N-dealkylation sites (N-methyl/N-ethyl adjacent to an activating group) is 1. The minimum absolute atomic E-state index is 0.00790. The number of methoxy groups -OCH3 is 2. The Hall–Kier alpha value is -5.03. The highest BCUT2D eigenvalue weighted by molar-refractivity contribution is 7.99. The number of phenolic OH excluding ortho intramolecular Hbond substituents is 2. The minimum Gasteiger partial charge on any atom is -0.504 e. The van der Waals surface area contributed by atoms with Crippen LogP contribution < -0.4 is 29.0 Å². The molecule has 7 heterocycles. The lowest BCUT2D eigenvalue weighted by Crippen LogP contribution is -2.71. The van der Waals surface area contributed by atoms with Gasteiger partial charge in [-0.05, 0) is 68.1 Å². The van der Waals surface area contributed by atoms with E-state index in [1.807, 2.05) is 20.0 Å². The van der Waals surface area contributed by atoms with Crippen LogP contribution in [0.5, 0.6) is 40.2 Å². The fourth-order valence-electron chi connectivity index (χ4n) is 10.7. The average molecular weight is 816 g/mol. The third-order valence-electron chi connectivity index (χ3n) is 13.1. The maximum absolute atomic E-state index is 14.9. The molecule has 0 amide bonds. The summed E-state index contributed by atoms with van der Waals surface area (Å²) >= 11 is 1.43. The number of aldehydes is 2. The zero-order valence-electron chi connectivity index (χ0n) is 33.0. The second-order valence-electron chi connectivity index (χ2n) is 15.9. The van der Waals surface area contributed by atoms with Gasteiger partial charge in [0.25, 0.3) is 0 Å². The van der Waals surface area contributed by atoms with Crippen molar-refractivity contribution in [1.29, 1.82) is 0 Å². The lowest BCUT2D eigenvalue weighted by atomic mass is 9.69. The van der Waals surface area contributed by atoms with Gasteiger partial charge in [0, 0.05) is 59.6 Å². The number of esters is 2. The first-order chi connectivity index (χ1) is 27.9. The Kier molecular flexibility index (Phi) is 9.33. The van der Waals surface area contributed by atoms with E-state index < -0.39 is 58.9 Å². The molecule has 58 heavy (non-hydrogen) atoms. The van der Waals surface area contributed by atoms with Gasteiger partial charge in [-0.2, -0.15) is 0 Å². The van der Waals surface area contributed by atoms with Gasteiger partial charge >= 0.3 is 11.9 Å². The molecule has 7 atom stereocenters. The molecular formula is C42H45N3O12S. The second-order valence-corrected chi connectivity index (χ2v) is 17.0. The molecule has 7 aliphatic heterocycles. The molecule has 2 fully saturated rings. The van der Waals surface area contributed by atoms with Crippen LogP contribution in [0, 0.1) is 19.8 Å². The van der Waals surface area contributed by atoms with Gasteiger partial charge in [-0.3, -0.25) is 19.9 Å². The highest BCUT2D eigenvalue weighted by atomic mass is 32.2. The predicted octanol–water partition coefficient (Wildman–Crippen LogP) is 3.48. The normalized spacial score (nSPS) is 28.2. The summed E-state index contributed by atoms with van der Waals surface area (Å²) in [6.07, 6.45) is 2.27. The van der Waals surface area contributed by atoms with Gasteiger partial charge in [-0.15, -0.1) is 11.8 Å². The zero-order chi connectivity index (χ0) is 40.9.